The van der Waals surface area contributed by atoms with Crippen molar-refractivity contribution in [2.75, 3.05) is 17.6 Å². The Balaban J connectivity index is 2.15. The molecular formula is C15H23N3O. The number of nitrogen functional groups attached to an aromatic ring is 1. The minimum absolute atomic E-state index is 0.00135. The van der Waals surface area contributed by atoms with Crippen molar-refractivity contribution in [3.63, 3.8) is 0 Å². The lowest BCUT2D eigenvalue weighted by Gasteiger charge is -2.28. The van der Waals surface area contributed by atoms with Gasteiger partial charge in [0.1, 0.15) is 11.6 Å². The van der Waals surface area contributed by atoms with Crippen LogP contribution < -0.4 is 15.8 Å². The predicted molar refractivity (Wildman–Crippen MR) is 80.9 cm³/mol. The van der Waals surface area contributed by atoms with Gasteiger partial charge in [-0.2, -0.15) is 0 Å². The van der Waals surface area contributed by atoms with Crippen LogP contribution in [-0.4, -0.2) is 18.5 Å². The minimum Gasteiger partial charge on any atom is -0.480 e. The molecule has 1 aliphatic rings. The fraction of sp³-hybridized carbons (Fsp3) is 0.533. The lowest BCUT2D eigenvalue weighted by atomic mass is 10.1. The number of hydrogen-bond donors (Lipinski definition) is 2. The number of nitrogens with zero attached hydrogens (tertiary/aromatic N) is 1. The van der Waals surface area contributed by atoms with E-state index in [-0.39, 0.29) is 6.10 Å². The number of rotatable bonds is 4. The standard InChI is InChI=1S/C15H23N3O/c1-4-13-15(17-8-7-10(2)3)18-12-6-5-11(16)9-14(12)19-13/h5-6,9-10,13H,4,7-8,16H2,1-3H3,(H,17,18). The van der Waals surface area contributed by atoms with E-state index in [4.69, 9.17) is 10.5 Å². The van der Waals surface area contributed by atoms with Crippen LogP contribution in [0.25, 0.3) is 0 Å². The molecule has 4 heteroatoms. The summed E-state index contributed by atoms with van der Waals surface area (Å²) in [5.74, 6) is 2.41. The van der Waals surface area contributed by atoms with Gasteiger partial charge >= 0.3 is 0 Å². The van der Waals surface area contributed by atoms with Crippen molar-refractivity contribution in [3.05, 3.63) is 18.2 Å². The zero-order valence-electron chi connectivity index (χ0n) is 11.9. The summed E-state index contributed by atoms with van der Waals surface area (Å²) < 4.78 is 5.96. The molecule has 1 aromatic carbocycles. The van der Waals surface area contributed by atoms with Gasteiger partial charge in [-0.05, 0) is 30.9 Å². The SMILES string of the molecule is CCC1Oc2cc(N)ccc2NC1=NCCC(C)C. The minimum atomic E-state index is 0.00135. The van der Waals surface area contributed by atoms with E-state index in [1.54, 1.807) is 0 Å². The van der Waals surface area contributed by atoms with Gasteiger partial charge in [-0.1, -0.05) is 20.8 Å². The molecule has 0 saturated heterocycles. The molecule has 0 amide bonds. The smallest absolute Gasteiger partial charge is 0.155 e. The summed E-state index contributed by atoms with van der Waals surface area (Å²) in [6.45, 7) is 7.35. The number of nitrogens with two attached hydrogens (primary N) is 1. The Labute approximate surface area is 115 Å². The quantitative estimate of drug-likeness (QED) is 0.818. The second-order valence-corrected chi connectivity index (χ2v) is 5.34. The Morgan fingerprint density at radius 1 is 1.42 bits per heavy atom. The maximum Gasteiger partial charge on any atom is 0.155 e. The molecular weight excluding hydrogens is 238 g/mol. The van der Waals surface area contributed by atoms with E-state index in [9.17, 15) is 0 Å². The Kier molecular flexibility index (Phi) is 4.30. The van der Waals surface area contributed by atoms with Gasteiger partial charge < -0.3 is 15.8 Å². The highest BCUT2D eigenvalue weighted by Crippen LogP contribution is 2.32. The molecule has 0 bridgehead atoms. The number of ether oxygens (including phenoxy) is 1. The van der Waals surface area contributed by atoms with E-state index < -0.39 is 0 Å². The topological polar surface area (TPSA) is 59.6 Å². The Hall–Kier alpha value is -1.71. The molecule has 4 nitrogen and oxygen atoms in total. The first-order chi connectivity index (χ1) is 9.10. The van der Waals surface area contributed by atoms with E-state index in [0.717, 1.165) is 42.3 Å². The van der Waals surface area contributed by atoms with E-state index >= 15 is 0 Å². The zero-order chi connectivity index (χ0) is 13.8. The number of hydrogen-bond acceptors (Lipinski definition) is 3. The fourth-order valence-corrected chi connectivity index (χ4v) is 2.03. The normalized spacial score (nSPS) is 20.0. The first kappa shape index (κ1) is 13.7. The summed E-state index contributed by atoms with van der Waals surface area (Å²) in [6, 6.07) is 5.66. The second kappa shape index (κ2) is 5.95. The van der Waals surface area contributed by atoms with Gasteiger partial charge in [0.2, 0.25) is 0 Å². The highest BCUT2D eigenvalue weighted by Gasteiger charge is 2.24. The highest BCUT2D eigenvalue weighted by molar-refractivity contribution is 6.02. The molecule has 19 heavy (non-hydrogen) atoms. The Morgan fingerprint density at radius 2 is 2.21 bits per heavy atom. The number of aliphatic imine (C=N–C) groups is 1. The predicted octanol–water partition coefficient (Wildman–Crippen LogP) is 3.30. The van der Waals surface area contributed by atoms with Crippen molar-refractivity contribution in [2.24, 2.45) is 10.9 Å². The molecule has 0 radical (unpaired) electrons. The van der Waals surface area contributed by atoms with Crippen LogP contribution in [-0.2, 0) is 0 Å². The third kappa shape index (κ3) is 3.40. The molecule has 104 valence electrons. The molecule has 0 aromatic heterocycles. The van der Waals surface area contributed by atoms with Gasteiger partial charge in [-0.25, -0.2) is 0 Å². The van der Waals surface area contributed by atoms with Crippen LogP contribution in [0.4, 0.5) is 11.4 Å². The molecule has 3 N–H and O–H groups in total. The monoisotopic (exact) mass is 261 g/mol. The Morgan fingerprint density at radius 3 is 2.89 bits per heavy atom. The van der Waals surface area contributed by atoms with Gasteiger partial charge in [0.25, 0.3) is 0 Å². The fourth-order valence-electron chi connectivity index (χ4n) is 2.03. The Bertz CT molecular complexity index is 468. The summed E-state index contributed by atoms with van der Waals surface area (Å²) in [7, 11) is 0. The highest BCUT2D eigenvalue weighted by atomic mass is 16.5. The molecule has 0 saturated carbocycles. The van der Waals surface area contributed by atoms with Gasteiger partial charge in [0.15, 0.2) is 6.10 Å². The summed E-state index contributed by atoms with van der Waals surface area (Å²) in [5.41, 5.74) is 7.44. The average Bonchev–Trinajstić information content (AvgIpc) is 2.37. The molecule has 1 aromatic rings. The van der Waals surface area contributed by atoms with E-state index in [0.29, 0.717) is 5.92 Å². The molecule has 1 aliphatic heterocycles. The van der Waals surface area contributed by atoms with Gasteiger partial charge in [-0.15, -0.1) is 0 Å². The number of anilines is 2. The van der Waals surface area contributed by atoms with E-state index in [1.165, 1.54) is 0 Å². The molecule has 1 atom stereocenters. The lowest BCUT2D eigenvalue weighted by Crippen LogP contribution is -2.37. The number of fused-ring (bicyclic) bond motifs is 1. The number of amidine groups is 1. The zero-order valence-corrected chi connectivity index (χ0v) is 11.9. The molecule has 0 aliphatic carbocycles. The third-order valence-electron chi connectivity index (χ3n) is 3.20. The van der Waals surface area contributed by atoms with Crippen LogP contribution >= 0.6 is 0 Å². The summed E-state index contributed by atoms with van der Waals surface area (Å²) in [4.78, 5) is 4.65. The molecule has 1 heterocycles. The maximum atomic E-state index is 5.96. The summed E-state index contributed by atoms with van der Waals surface area (Å²) >= 11 is 0. The van der Waals surface area contributed by atoms with E-state index in [2.05, 4.69) is 31.1 Å². The van der Waals surface area contributed by atoms with Gasteiger partial charge in [0, 0.05) is 18.3 Å². The second-order valence-electron chi connectivity index (χ2n) is 5.34. The van der Waals surface area contributed by atoms with Gasteiger partial charge in [0.05, 0.1) is 5.69 Å². The first-order valence-corrected chi connectivity index (χ1v) is 6.97. The van der Waals surface area contributed by atoms with Crippen molar-refractivity contribution >= 4 is 17.2 Å². The first-order valence-electron chi connectivity index (χ1n) is 6.97. The summed E-state index contributed by atoms with van der Waals surface area (Å²) in [5, 5.41) is 3.37. The lowest BCUT2D eigenvalue weighted by molar-refractivity contribution is 0.258. The number of nitrogens with one attached hydrogen (secondary N) is 1. The van der Waals surface area contributed by atoms with Gasteiger partial charge in [-0.3, -0.25) is 4.99 Å². The van der Waals surface area contributed by atoms with Crippen LogP contribution in [0.1, 0.15) is 33.6 Å². The van der Waals surface area contributed by atoms with Crippen LogP contribution in [0, 0.1) is 5.92 Å². The van der Waals surface area contributed by atoms with Crippen molar-refractivity contribution in [1.29, 1.82) is 0 Å². The third-order valence-corrected chi connectivity index (χ3v) is 3.20. The van der Waals surface area contributed by atoms with Crippen LogP contribution in [0.15, 0.2) is 23.2 Å². The van der Waals surface area contributed by atoms with Crippen molar-refractivity contribution in [3.8, 4) is 5.75 Å². The molecule has 0 spiro atoms. The van der Waals surface area contributed by atoms with Crippen LogP contribution in [0.2, 0.25) is 0 Å². The molecule has 0 fully saturated rings. The van der Waals surface area contributed by atoms with Crippen LogP contribution in [0.5, 0.6) is 5.75 Å². The van der Waals surface area contributed by atoms with Crippen molar-refractivity contribution < 1.29 is 4.74 Å². The average molecular weight is 261 g/mol. The van der Waals surface area contributed by atoms with Crippen molar-refractivity contribution in [1.82, 2.24) is 0 Å². The number of benzene rings is 1. The van der Waals surface area contributed by atoms with E-state index in [1.807, 2.05) is 18.2 Å². The summed E-state index contributed by atoms with van der Waals surface area (Å²) in [6.07, 6.45) is 1.99. The molecule has 1 unspecified atom stereocenters. The largest absolute Gasteiger partial charge is 0.480 e. The maximum absolute atomic E-state index is 5.96. The van der Waals surface area contributed by atoms with Crippen molar-refractivity contribution in [2.45, 2.75) is 39.7 Å². The van der Waals surface area contributed by atoms with Crippen LogP contribution in [0.3, 0.4) is 0 Å². The molecule has 2 rings (SSSR count).